The lowest BCUT2D eigenvalue weighted by molar-refractivity contribution is 0.0383. The summed E-state index contributed by atoms with van der Waals surface area (Å²) in [5.74, 6) is 1.51. The molecule has 0 spiro atoms. The predicted octanol–water partition coefficient (Wildman–Crippen LogP) is 3.27. The first-order valence-corrected chi connectivity index (χ1v) is 8.04. The Morgan fingerprint density at radius 2 is 2.20 bits per heavy atom. The maximum atomic E-state index is 10.3. The number of aliphatic hydroxyl groups is 1. The number of ether oxygens (including phenoxy) is 1. The fraction of sp³-hybridized carbons (Fsp3) is 0.625. The van der Waals surface area contributed by atoms with Gasteiger partial charge >= 0.3 is 0 Å². The average Bonchev–Trinajstić information content (AvgIpc) is 2.74. The van der Waals surface area contributed by atoms with Crippen LogP contribution in [0.2, 0.25) is 0 Å². The van der Waals surface area contributed by atoms with Crippen LogP contribution in [0, 0.1) is 5.92 Å². The Morgan fingerprint density at radius 1 is 1.45 bits per heavy atom. The summed E-state index contributed by atoms with van der Waals surface area (Å²) < 4.78 is 6.80. The second-order valence-electron chi connectivity index (χ2n) is 6.35. The van der Waals surface area contributed by atoms with Crippen molar-refractivity contribution in [3.63, 3.8) is 0 Å². The highest BCUT2D eigenvalue weighted by Gasteiger charge is 2.22. The molecule has 1 atom stereocenters. The van der Waals surface area contributed by atoms with Gasteiger partial charge in [0.15, 0.2) is 0 Å². The predicted molar refractivity (Wildman–Crippen MR) is 85.1 cm³/mol. The van der Waals surface area contributed by atoms with Crippen molar-refractivity contribution in [2.24, 2.45) is 5.92 Å². The van der Waals surface area contributed by atoms with Gasteiger partial charge in [-0.05, 0) is 37.0 Å². The van der Waals surface area contributed by atoms with Crippen molar-refractivity contribution >= 4 is 15.9 Å². The molecule has 1 heterocycles. The molecule has 112 valence electrons. The van der Waals surface area contributed by atoms with E-state index in [4.69, 9.17) is 4.74 Å². The second-order valence-corrected chi connectivity index (χ2v) is 7.27. The summed E-state index contributed by atoms with van der Waals surface area (Å²) in [5.41, 5.74) is 1.77. The van der Waals surface area contributed by atoms with Crippen molar-refractivity contribution in [2.75, 3.05) is 13.2 Å². The normalized spacial score (nSPS) is 16.9. The molecule has 0 saturated carbocycles. The Morgan fingerprint density at radius 3 is 2.90 bits per heavy atom. The Labute approximate surface area is 129 Å². The van der Waals surface area contributed by atoms with Crippen molar-refractivity contribution in [1.29, 1.82) is 0 Å². The van der Waals surface area contributed by atoms with Gasteiger partial charge in [0.2, 0.25) is 0 Å². The largest absolute Gasteiger partial charge is 0.493 e. The maximum absolute atomic E-state index is 10.3. The lowest BCUT2D eigenvalue weighted by atomic mass is 9.94. The van der Waals surface area contributed by atoms with Crippen LogP contribution in [0.3, 0.4) is 0 Å². The molecule has 1 aromatic carbocycles. The molecule has 0 bridgehead atoms. The third-order valence-corrected chi connectivity index (χ3v) is 3.95. The van der Waals surface area contributed by atoms with Crippen LogP contribution in [-0.4, -0.2) is 23.9 Å². The lowest BCUT2D eigenvalue weighted by Crippen LogP contribution is -2.38. The third kappa shape index (κ3) is 4.21. The highest BCUT2D eigenvalue weighted by Crippen LogP contribution is 2.32. The van der Waals surface area contributed by atoms with E-state index in [0.717, 1.165) is 41.8 Å². The van der Waals surface area contributed by atoms with Crippen molar-refractivity contribution in [1.82, 2.24) is 5.32 Å². The molecule has 2 rings (SSSR count). The van der Waals surface area contributed by atoms with E-state index in [1.54, 1.807) is 0 Å². The molecule has 0 aromatic heterocycles. The fourth-order valence-corrected chi connectivity index (χ4v) is 3.45. The van der Waals surface area contributed by atoms with Crippen molar-refractivity contribution in [3.8, 4) is 5.75 Å². The highest BCUT2D eigenvalue weighted by molar-refractivity contribution is 9.10. The smallest absolute Gasteiger partial charge is 0.127 e. The van der Waals surface area contributed by atoms with E-state index in [1.807, 2.05) is 6.92 Å². The van der Waals surface area contributed by atoms with Crippen molar-refractivity contribution < 1.29 is 9.84 Å². The van der Waals surface area contributed by atoms with Crippen molar-refractivity contribution in [3.05, 3.63) is 27.7 Å². The Bertz CT molecular complexity index is 472. The molecule has 1 aliphatic rings. The molecular weight excluding hydrogens is 318 g/mol. The average molecular weight is 342 g/mol. The van der Waals surface area contributed by atoms with Crippen LogP contribution in [0.1, 0.15) is 38.3 Å². The quantitative estimate of drug-likeness (QED) is 0.834. The molecule has 0 fully saturated rings. The topological polar surface area (TPSA) is 41.5 Å². The van der Waals surface area contributed by atoms with E-state index >= 15 is 0 Å². The van der Waals surface area contributed by atoms with Crippen molar-refractivity contribution in [2.45, 2.75) is 45.8 Å². The second kappa shape index (κ2) is 6.46. The minimum absolute atomic E-state index is 0.491. The summed E-state index contributed by atoms with van der Waals surface area (Å²) in [6.45, 7) is 8.22. The number of halogens is 1. The lowest BCUT2D eigenvalue weighted by Gasteiger charge is -2.26. The van der Waals surface area contributed by atoms with Gasteiger partial charge in [-0.15, -0.1) is 0 Å². The molecule has 20 heavy (non-hydrogen) atoms. The fourth-order valence-electron chi connectivity index (χ4n) is 2.90. The Balaban J connectivity index is 1.95. The van der Waals surface area contributed by atoms with Gasteiger partial charge in [-0.3, -0.25) is 0 Å². The zero-order chi connectivity index (χ0) is 14.8. The first-order valence-electron chi connectivity index (χ1n) is 7.24. The van der Waals surface area contributed by atoms with Gasteiger partial charge in [0.25, 0.3) is 0 Å². The molecule has 2 N–H and O–H groups in total. The van der Waals surface area contributed by atoms with Gasteiger partial charge in [0, 0.05) is 29.5 Å². The summed E-state index contributed by atoms with van der Waals surface area (Å²) >= 11 is 3.55. The van der Waals surface area contributed by atoms with E-state index in [-0.39, 0.29) is 0 Å². The summed E-state index contributed by atoms with van der Waals surface area (Å²) in [5, 5.41) is 13.7. The molecule has 0 radical (unpaired) electrons. The monoisotopic (exact) mass is 341 g/mol. The SMILES string of the molecule is CC(C)CC(C)(O)CNCc1cc(Br)cc2c1OCC2. The summed E-state index contributed by atoms with van der Waals surface area (Å²) in [4.78, 5) is 0. The van der Waals surface area contributed by atoms with E-state index in [0.29, 0.717) is 12.5 Å². The first-order chi connectivity index (χ1) is 9.37. The van der Waals surface area contributed by atoms with Crippen LogP contribution in [0.5, 0.6) is 5.75 Å². The molecule has 1 aromatic rings. The van der Waals surface area contributed by atoms with E-state index in [1.165, 1.54) is 5.56 Å². The zero-order valence-corrected chi connectivity index (χ0v) is 14.1. The van der Waals surface area contributed by atoms with Crippen LogP contribution in [0.15, 0.2) is 16.6 Å². The molecule has 4 heteroatoms. The van der Waals surface area contributed by atoms with Gasteiger partial charge in [-0.2, -0.15) is 0 Å². The summed E-state index contributed by atoms with van der Waals surface area (Å²) in [7, 11) is 0. The minimum Gasteiger partial charge on any atom is -0.493 e. The molecule has 3 nitrogen and oxygen atoms in total. The third-order valence-electron chi connectivity index (χ3n) is 3.49. The number of nitrogens with one attached hydrogen (secondary N) is 1. The molecule has 1 unspecified atom stereocenters. The van der Waals surface area contributed by atoms with Crippen LogP contribution < -0.4 is 10.1 Å². The van der Waals surface area contributed by atoms with Crippen LogP contribution >= 0.6 is 15.9 Å². The number of rotatable bonds is 6. The molecule has 1 aliphatic heterocycles. The van der Waals surface area contributed by atoms with E-state index < -0.39 is 5.60 Å². The molecular formula is C16H24BrNO2. The highest BCUT2D eigenvalue weighted by atomic mass is 79.9. The number of benzene rings is 1. The number of hydrogen-bond donors (Lipinski definition) is 2. The van der Waals surface area contributed by atoms with E-state index in [2.05, 4.69) is 47.2 Å². The standard InChI is InChI=1S/C16H24BrNO2/c1-11(2)8-16(3,19)10-18-9-13-7-14(17)6-12-4-5-20-15(12)13/h6-7,11,18-19H,4-5,8-10H2,1-3H3. The summed E-state index contributed by atoms with van der Waals surface area (Å²) in [6.07, 6.45) is 1.78. The molecule has 0 aliphatic carbocycles. The Hall–Kier alpha value is -0.580. The molecule has 0 amide bonds. The molecule has 0 saturated heterocycles. The van der Waals surface area contributed by atoms with Crippen LogP contribution in [0.25, 0.3) is 0 Å². The van der Waals surface area contributed by atoms with Gasteiger partial charge < -0.3 is 15.2 Å². The van der Waals surface area contributed by atoms with Gasteiger partial charge in [-0.1, -0.05) is 29.8 Å². The summed E-state index contributed by atoms with van der Waals surface area (Å²) in [6, 6.07) is 4.22. The van der Waals surface area contributed by atoms with Gasteiger partial charge in [0.05, 0.1) is 12.2 Å². The maximum Gasteiger partial charge on any atom is 0.127 e. The van der Waals surface area contributed by atoms with Gasteiger partial charge in [-0.25, -0.2) is 0 Å². The zero-order valence-electron chi connectivity index (χ0n) is 12.5. The van der Waals surface area contributed by atoms with Gasteiger partial charge in [0.1, 0.15) is 5.75 Å². The van der Waals surface area contributed by atoms with Crippen LogP contribution in [-0.2, 0) is 13.0 Å². The number of hydrogen-bond acceptors (Lipinski definition) is 3. The minimum atomic E-state index is -0.662. The van der Waals surface area contributed by atoms with Crippen LogP contribution in [0.4, 0.5) is 0 Å². The van der Waals surface area contributed by atoms with E-state index in [9.17, 15) is 5.11 Å². The number of fused-ring (bicyclic) bond motifs is 1. The Kier molecular flexibility index (Phi) is 5.10. The first kappa shape index (κ1) is 15.8.